The van der Waals surface area contributed by atoms with E-state index in [2.05, 4.69) is 63.1 Å². The zero-order valence-electron chi connectivity index (χ0n) is 66.5. The van der Waals surface area contributed by atoms with Crippen molar-refractivity contribution in [1.29, 1.82) is 0 Å². The molecule has 8 heterocycles. The minimum Gasteiger partial charge on any atom is -0.394 e. The van der Waals surface area contributed by atoms with Crippen molar-refractivity contribution in [3.05, 3.63) is 207 Å². The number of pyridine rings is 4. The largest absolute Gasteiger partial charge is 0.394 e. The number of carbonyl (C=O) groups excluding carboxylic acids is 4. The SMILES string of the molecule is CSc1ccc(Nc2c(C(=O)NOC[C@@H](C)O)n(C3CC3)c3ccncc23)c(F)c1.NS(=O)(=O)CCn1c(C(=O)NOCCO)c(Nc2ccc(I)cc2F)c2cnccc21.O=C(NOCCO)c1c(Nc2ccc(C3CC3)cc2F)c2cnccc2n1C1CC1.O=C(NOC[C@H](O)CO)c1c(Nc2ccc(C3CC3)cc2F)c2cnccc2n1C1CC1. The van der Waals surface area contributed by atoms with Gasteiger partial charge in [-0.15, -0.1) is 11.8 Å². The predicted octanol–water partition coefficient (Wildman–Crippen LogP) is 12.4. The van der Waals surface area contributed by atoms with Crippen molar-refractivity contribution >= 4 is 157 Å². The summed E-state index contributed by atoms with van der Waals surface area (Å²) in [4.78, 5) is 89.8. The number of benzene rings is 4. The molecule has 4 aromatic carbocycles. The molecular formula is C84H90F4IN17O15S2. The van der Waals surface area contributed by atoms with Crippen LogP contribution in [-0.4, -0.2) is 166 Å². The monoisotopic (exact) mass is 1840 g/mol. The molecule has 5 saturated carbocycles. The number of aryl methyl sites for hydroxylation is 1. The number of hydroxylamine groups is 4. The molecule has 5 aliphatic carbocycles. The number of hydrogen-bond acceptors (Lipinski definition) is 24. The molecule has 17 rings (SSSR count). The Morgan fingerprint density at radius 3 is 1.21 bits per heavy atom. The normalized spacial score (nSPS) is 14.8. The van der Waals surface area contributed by atoms with E-state index >= 15 is 0 Å². The Bertz CT molecular complexity index is 5990. The van der Waals surface area contributed by atoms with Crippen molar-refractivity contribution in [2.24, 2.45) is 5.14 Å². The average Bonchev–Trinajstić information content (AvgIpc) is 1.59. The van der Waals surface area contributed by atoms with Gasteiger partial charge in [0.25, 0.3) is 23.6 Å². The first-order valence-electron chi connectivity index (χ1n) is 39.7. The van der Waals surface area contributed by atoms with Crippen LogP contribution >= 0.6 is 34.4 Å². The van der Waals surface area contributed by atoms with Gasteiger partial charge in [-0.3, -0.25) is 58.5 Å². The lowest BCUT2D eigenvalue weighted by Gasteiger charge is -2.14. The van der Waals surface area contributed by atoms with Crippen molar-refractivity contribution < 1.29 is 90.0 Å². The molecule has 0 unspecified atom stereocenters. The van der Waals surface area contributed by atoms with Crippen LogP contribution in [0.3, 0.4) is 0 Å². The fourth-order valence-corrected chi connectivity index (χ4v) is 15.4. The lowest BCUT2D eigenvalue weighted by atomic mass is 10.1. The molecule has 5 fully saturated rings. The standard InChI is InChI=1S/C23H25FN4O4.C22H23FN4O3.C21H23FN4O3S.C18H19FIN5O5S/c24-18-9-14(13-1-2-13)3-6-19(18)26-21-17-10-25-8-7-20(17)28(15-4-5-15)22(21)23(31)27-32-12-16(30)11-29;23-17-11-14(13-1-2-13)3-6-18(17)25-20-16-12-24-8-7-19(16)27(15-4-5-15)21(20)22(29)26-30-10-9-28;1-12(27)11-29-25-21(28)20-19(24-17-6-5-14(30-2)9-16(17)22)15-10-23-8-7-18(15)26(20)13-3-4-13;19-13-9-11(20)1-2-14(13)23-16-12-10-22-4-3-15(12)25(5-8-31(21,28)29)17(16)18(27)24-30-7-6-26/h3,6-10,13,15-16,26,29-30H,1-2,4-5,11-12H2,(H,27,31);3,6-8,11-13,15,25,28H,1-2,4-5,9-10H2,(H,26,29);5-10,12-13,24,27H,3-4,11H2,1-2H3,(H,25,28);1-4,9-10,23,26H,5-8H2,(H,24,27)(H2,21,28,29)/t16-;;12-;/m1.1./s1. The molecule has 648 valence electrons. The van der Waals surface area contributed by atoms with E-state index in [-0.39, 0.29) is 104 Å². The van der Waals surface area contributed by atoms with Crippen molar-refractivity contribution in [2.45, 2.75) is 125 Å². The van der Waals surface area contributed by atoms with E-state index in [1.165, 1.54) is 46.9 Å². The van der Waals surface area contributed by atoms with Gasteiger partial charge >= 0.3 is 0 Å². The zero-order valence-corrected chi connectivity index (χ0v) is 70.3. The molecule has 0 aliphatic heterocycles. The summed E-state index contributed by atoms with van der Waals surface area (Å²) in [5.41, 5.74) is 17.9. The van der Waals surface area contributed by atoms with Crippen LogP contribution in [0.15, 0.2) is 152 Å². The quantitative estimate of drug-likeness (QED) is 0.00585. The van der Waals surface area contributed by atoms with Gasteiger partial charge in [0.1, 0.15) is 65.4 Å². The van der Waals surface area contributed by atoms with E-state index in [1.807, 2.05) is 78.9 Å². The highest BCUT2D eigenvalue weighted by Crippen LogP contribution is 2.49. The van der Waals surface area contributed by atoms with Crippen molar-refractivity contribution in [1.82, 2.24) is 60.1 Å². The lowest BCUT2D eigenvalue weighted by Crippen LogP contribution is -2.31. The number of aliphatic hydroxyl groups excluding tert-OH is 5. The van der Waals surface area contributed by atoms with Crippen LogP contribution in [0.1, 0.15) is 154 Å². The topological polar surface area (TPSA) is 434 Å². The highest BCUT2D eigenvalue weighted by molar-refractivity contribution is 14.1. The number of fused-ring (bicyclic) bond motifs is 4. The summed E-state index contributed by atoms with van der Waals surface area (Å²) in [5, 5.41) is 65.6. The number of aliphatic hydroxyl groups is 5. The number of carbonyl (C=O) groups is 4. The second-order valence-electron chi connectivity index (χ2n) is 30.0. The molecule has 12 aromatic rings. The van der Waals surface area contributed by atoms with E-state index in [0.29, 0.717) is 71.5 Å². The summed E-state index contributed by atoms with van der Waals surface area (Å²) in [5.74, 6) is -3.40. The highest BCUT2D eigenvalue weighted by Gasteiger charge is 2.38. The Balaban J connectivity index is 0.000000134. The van der Waals surface area contributed by atoms with Gasteiger partial charge in [-0.25, -0.2) is 53.0 Å². The maximum absolute atomic E-state index is 14.9. The third-order valence-corrected chi connectivity index (χ3v) is 22.7. The van der Waals surface area contributed by atoms with Gasteiger partial charge in [0.05, 0.1) is 112 Å². The number of thioether (sulfide) groups is 1. The zero-order chi connectivity index (χ0) is 86.8. The Morgan fingerprint density at radius 1 is 0.496 bits per heavy atom. The third kappa shape index (κ3) is 21.5. The molecule has 0 bridgehead atoms. The summed E-state index contributed by atoms with van der Waals surface area (Å²) < 4.78 is 90.0. The minimum atomic E-state index is -3.83. The summed E-state index contributed by atoms with van der Waals surface area (Å²) in [7, 11) is -3.83. The van der Waals surface area contributed by atoms with Crippen LogP contribution in [0, 0.1) is 26.8 Å². The van der Waals surface area contributed by atoms with Gasteiger partial charge in [0.2, 0.25) is 10.0 Å². The maximum Gasteiger partial charge on any atom is 0.293 e. The molecule has 123 heavy (non-hydrogen) atoms. The van der Waals surface area contributed by atoms with E-state index in [9.17, 15) is 55.4 Å². The Hall–Kier alpha value is -10.9. The van der Waals surface area contributed by atoms with Gasteiger partial charge < -0.3 is 65.1 Å². The second-order valence-corrected chi connectivity index (χ2v) is 33.8. The summed E-state index contributed by atoms with van der Waals surface area (Å²) in [6.07, 6.45) is 23.1. The molecule has 0 radical (unpaired) electrons. The number of rotatable bonds is 34. The number of nitrogens with two attached hydrogens (primary N) is 1. The molecule has 32 nitrogen and oxygen atoms in total. The summed E-state index contributed by atoms with van der Waals surface area (Å²) in [6.45, 7) is -0.0516. The molecule has 15 N–H and O–H groups in total. The number of nitrogens with zero attached hydrogens (tertiary/aromatic N) is 8. The number of anilines is 8. The average molecular weight is 1840 g/mol. The third-order valence-electron chi connectivity index (χ3n) is 20.6. The van der Waals surface area contributed by atoms with Crippen LogP contribution in [0.25, 0.3) is 43.6 Å². The molecule has 5 aliphatic rings. The van der Waals surface area contributed by atoms with Crippen LogP contribution in [0.4, 0.5) is 63.1 Å². The van der Waals surface area contributed by atoms with Crippen molar-refractivity contribution in [3.8, 4) is 0 Å². The Morgan fingerprint density at radius 2 is 0.854 bits per heavy atom. The number of aromatic nitrogens is 8. The fraction of sp³-hybridized carbons (Fsp3) is 0.333. The van der Waals surface area contributed by atoms with Crippen LogP contribution < -0.4 is 48.3 Å². The lowest BCUT2D eigenvalue weighted by molar-refractivity contribution is -0.0297. The summed E-state index contributed by atoms with van der Waals surface area (Å²) in [6, 6.07) is 27.5. The fourth-order valence-electron chi connectivity index (χ4n) is 14.1. The number of sulfonamides is 1. The molecule has 0 saturated heterocycles. The maximum atomic E-state index is 14.9. The first-order chi connectivity index (χ1) is 59.4. The minimum absolute atomic E-state index is 0.0115. The number of nitrogens with one attached hydrogen (secondary N) is 8. The second kappa shape index (κ2) is 39.7. The van der Waals surface area contributed by atoms with Crippen LogP contribution in [0.2, 0.25) is 0 Å². The van der Waals surface area contributed by atoms with E-state index < -0.39 is 69.9 Å². The Kier molecular flexibility index (Phi) is 28.5. The van der Waals surface area contributed by atoms with Gasteiger partial charge in [0.15, 0.2) is 0 Å². The molecular weight excluding hydrogens is 1750 g/mol. The molecule has 2 atom stereocenters. The number of amides is 4. The molecule has 4 amide bonds. The van der Waals surface area contributed by atoms with Crippen molar-refractivity contribution in [3.63, 3.8) is 0 Å². The smallest absolute Gasteiger partial charge is 0.293 e. The number of halogens is 5. The van der Waals surface area contributed by atoms with Crippen LogP contribution in [0.5, 0.6) is 0 Å². The molecule has 0 spiro atoms. The Labute approximate surface area is 719 Å². The van der Waals surface area contributed by atoms with Crippen LogP contribution in [-0.2, 0) is 35.9 Å². The first-order valence-corrected chi connectivity index (χ1v) is 43.7. The van der Waals surface area contributed by atoms with Gasteiger partial charge in [0, 0.05) is 104 Å². The van der Waals surface area contributed by atoms with Crippen molar-refractivity contribution in [2.75, 3.05) is 79.5 Å². The van der Waals surface area contributed by atoms with Gasteiger partial charge in [-0.1, -0.05) is 12.1 Å². The summed E-state index contributed by atoms with van der Waals surface area (Å²) >= 11 is 3.43. The van der Waals surface area contributed by atoms with E-state index in [1.54, 1.807) is 86.6 Å². The first kappa shape index (κ1) is 88.4. The predicted molar refractivity (Wildman–Crippen MR) is 462 cm³/mol. The molecule has 39 heteroatoms. The molecule has 8 aromatic heterocycles. The number of hydrogen-bond donors (Lipinski definition) is 14. The van der Waals surface area contributed by atoms with Gasteiger partial charge in [-0.2, -0.15) is 0 Å². The highest BCUT2D eigenvalue weighted by atomic mass is 127. The van der Waals surface area contributed by atoms with E-state index in [4.69, 9.17) is 39.8 Å². The van der Waals surface area contributed by atoms with Gasteiger partial charge in [-0.05, 0) is 208 Å². The number of primary sulfonamides is 1. The van der Waals surface area contributed by atoms with E-state index in [0.717, 1.165) is 108 Å².